The summed E-state index contributed by atoms with van der Waals surface area (Å²) in [7, 11) is -17.7. The zero-order valence-electron chi connectivity index (χ0n) is 17.5. The Morgan fingerprint density at radius 3 is 2.50 bits per heavy atom. The van der Waals surface area contributed by atoms with Crippen LogP contribution in [0.1, 0.15) is 17.3 Å². The van der Waals surface area contributed by atoms with Crippen molar-refractivity contribution in [3.05, 3.63) is 27.4 Å². The number of hydrogen-bond donors (Lipinski definition) is 7. The lowest BCUT2D eigenvalue weighted by atomic mass is 9.96. The van der Waals surface area contributed by atoms with Gasteiger partial charge in [0.2, 0.25) is 0 Å². The second kappa shape index (κ2) is 8.73. The number of phosphoric ester groups is 1. The highest BCUT2D eigenvalue weighted by Gasteiger charge is 2.54. The molecule has 0 radical (unpaired) electrons. The Morgan fingerprint density at radius 1 is 1.33 bits per heavy atom. The lowest BCUT2D eigenvalue weighted by Crippen LogP contribution is -2.44. The van der Waals surface area contributed by atoms with E-state index in [2.05, 4.69) is 18.1 Å². The second-order valence-corrected chi connectivity index (χ2v) is 10.6. The van der Waals surface area contributed by atoms with Gasteiger partial charge in [-0.15, -0.1) is 0 Å². The van der Waals surface area contributed by atoms with E-state index in [-0.39, 0.29) is 0 Å². The number of hydrogen-bond acceptors (Lipinski definition) is 11. The molecule has 1 saturated heterocycles. The molecule has 1 aliphatic heterocycles. The Kier molecular flexibility index (Phi) is 6.18. The minimum Gasteiger partial charge on any atom is -0.387 e. The number of nitrogens with one attached hydrogen (secondary N) is 1. The minimum atomic E-state index is -5.99. The van der Waals surface area contributed by atoms with E-state index in [9.17, 15) is 33.6 Å². The lowest BCUT2D eigenvalue weighted by molar-refractivity contribution is -0.0978. The molecule has 0 saturated carbocycles. The van der Waals surface area contributed by atoms with Crippen LogP contribution in [0.15, 0.2) is 17.0 Å². The van der Waals surface area contributed by atoms with Crippen molar-refractivity contribution in [1.82, 2.24) is 9.55 Å². The summed E-state index contributed by atoms with van der Waals surface area (Å²) < 4.78 is 73.7. The third-order valence-electron chi connectivity index (χ3n) is 3.40. The maximum atomic E-state index is 12.0. The number of H-pyrrole nitrogens is 1. The van der Waals surface area contributed by atoms with Crippen molar-refractivity contribution in [2.24, 2.45) is 0 Å². The molecule has 0 spiro atoms. The van der Waals surface area contributed by atoms with Crippen molar-refractivity contribution >= 4 is 35.7 Å². The molecule has 1 aromatic heterocycles. The maximum absolute atomic E-state index is 12.0. The molecule has 0 bridgehead atoms. The minimum absolute atomic E-state index is 0.414. The molecular weight excluding hydrogens is 497 g/mol. The van der Waals surface area contributed by atoms with Gasteiger partial charge >= 0.3 is 23.5 Å². The van der Waals surface area contributed by atoms with Crippen LogP contribution >= 0.6 is 35.7 Å². The first-order chi connectivity index (χ1) is 14.6. The van der Waals surface area contributed by atoms with Crippen LogP contribution in [-0.2, 0) is 31.6 Å². The molecule has 30 heavy (non-hydrogen) atoms. The molecule has 6 atom stereocenters. The molecule has 20 heteroatoms. The zero-order valence-corrected chi connectivity index (χ0v) is 18.0. The van der Waals surface area contributed by atoms with Crippen molar-refractivity contribution < 1.29 is 65.5 Å². The summed E-state index contributed by atoms with van der Waals surface area (Å²) in [6, 6.07) is -0.655. The fraction of sp³-hybridized carbons (Fsp3) is 0.600. The highest BCUT2D eigenvalue weighted by Crippen LogP contribution is 2.66. The van der Waals surface area contributed by atoms with Gasteiger partial charge in [0.1, 0.15) is 17.8 Å². The van der Waals surface area contributed by atoms with Crippen LogP contribution in [0, 0.1) is 4.77 Å². The van der Waals surface area contributed by atoms with Gasteiger partial charge in [-0.1, -0.05) is 0 Å². The zero-order chi connectivity index (χ0) is 25.8. The van der Waals surface area contributed by atoms with Gasteiger partial charge in [-0.2, -0.15) is 8.62 Å². The fourth-order valence-electron chi connectivity index (χ4n) is 2.22. The monoisotopic (exact) mass is 517 g/mol. The van der Waals surface area contributed by atoms with E-state index in [1.807, 2.05) is 0 Å². The van der Waals surface area contributed by atoms with E-state index >= 15 is 0 Å². The van der Waals surface area contributed by atoms with Crippen LogP contribution in [0.3, 0.4) is 0 Å². The number of ether oxygens (including phenoxy) is 1. The van der Waals surface area contributed by atoms with E-state index in [1.165, 1.54) is 0 Å². The van der Waals surface area contributed by atoms with Gasteiger partial charge in [0, 0.05) is 12.2 Å². The lowest BCUT2D eigenvalue weighted by Gasteiger charge is -2.27. The van der Waals surface area contributed by atoms with Crippen molar-refractivity contribution in [3.63, 3.8) is 0 Å². The Balaban J connectivity index is 2.34. The van der Waals surface area contributed by atoms with Gasteiger partial charge in [-0.25, -0.2) is 13.7 Å². The van der Waals surface area contributed by atoms with Crippen LogP contribution in [0.2, 0.25) is 0 Å². The number of aliphatic hydroxyl groups excluding tert-OH is 1. The summed E-state index contributed by atoms with van der Waals surface area (Å²) in [6.07, 6.45) is -5.56. The van der Waals surface area contributed by atoms with Gasteiger partial charge in [0.05, 0.1) is 10.7 Å². The molecule has 2 rings (SSSR count). The molecule has 1 fully saturated rings. The van der Waals surface area contributed by atoms with E-state index in [4.69, 9.17) is 35.7 Å². The van der Waals surface area contributed by atoms with Crippen molar-refractivity contribution in [1.29, 1.82) is 0 Å². The predicted octanol–water partition coefficient (Wildman–Crippen LogP) is -0.742. The number of phosphoric acid groups is 3. The highest BCUT2D eigenvalue weighted by atomic mass is 32.1. The Hall–Kier alpha value is -0.610. The molecule has 1 aliphatic rings. The summed E-state index contributed by atoms with van der Waals surface area (Å²) in [5, 5.41) is 21.0. The molecular formula is C10H17N2O14P3S. The van der Waals surface area contributed by atoms with Gasteiger partial charge in [0.15, 0.2) is 11.0 Å². The number of aromatic amines is 1. The van der Waals surface area contributed by atoms with Gasteiger partial charge in [-0.05, 0) is 19.1 Å². The van der Waals surface area contributed by atoms with Crippen molar-refractivity contribution in [3.8, 4) is 0 Å². The Morgan fingerprint density at radius 2 is 1.93 bits per heavy atom. The quantitative estimate of drug-likeness (QED) is 0.166. The SMILES string of the molecule is [2H]c1cn([C@@H]2O[C@H](C([2H])([2H])OP(=O)(O)OP(=O)(O)OP(=O)(O)O)[C@H](O)C2(C)O)c(=S)[nH]c1=O. The maximum Gasteiger partial charge on any atom is 0.490 e. The molecule has 16 nitrogen and oxygen atoms in total. The molecule has 1 aromatic rings. The third kappa shape index (κ3) is 6.45. The molecule has 2 heterocycles. The summed E-state index contributed by atoms with van der Waals surface area (Å²) >= 11 is 4.89. The first-order valence-electron chi connectivity index (χ1n) is 8.80. The standard InChI is InChI=1S/C10H17N2O14P3S/c1-10(15)7(14)5(24-8(10)12-3-2-6(13)11-9(12)30)4-23-28(19,20)26-29(21,22)25-27(16,17)18/h2-3,5,7-8,14-15H,4H2,1H3,(H,19,20)(H,21,22)(H,11,13,30)(H2,16,17,18)/t5-,7+,8-,10?/m1/s1/i2D,4D2. The van der Waals surface area contributed by atoms with Crippen molar-refractivity contribution in [2.75, 3.05) is 6.56 Å². The summed E-state index contributed by atoms with van der Waals surface area (Å²) in [4.78, 5) is 49.3. The van der Waals surface area contributed by atoms with Crippen LogP contribution < -0.4 is 5.56 Å². The predicted molar refractivity (Wildman–Crippen MR) is 96.2 cm³/mol. The number of nitrogens with zero attached hydrogens (tertiary/aromatic N) is 1. The van der Waals surface area contributed by atoms with Crippen LogP contribution in [0.4, 0.5) is 0 Å². The average Bonchev–Trinajstić information content (AvgIpc) is 2.77. The molecule has 3 unspecified atom stereocenters. The van der Waals surface area contributed by atoms with E-state index in [0.717, 1.165) is 17.7 Å². The van der Waals surface area contributed by atoms with Crippen molar-refractivity contribution in [2.45, 2.75) is 31.0 Å². The number of aliphatic hydroxyl groups is 2. The normalized spacial score (nSPS) is 33.2. The topological polar surface area (TPSA) is 247 Å². The van der Waals surface area contributed by atoms with Gasteiger partial charge < -0.3 is 34.5 Å². The largest absolute Gasteiger partial charge is 0.490 e. The molecule has 7 N–H and O–H groups in total. The van der Waals surface area contributed by atoms with Crippen LogP contribution in [0.5, 0.6) is 0 Å². The van der Waals surface area contributed by atoms with E-state index < -0.39 is 70.4 Å². The average molecular weight is 517 g/mol. The van der Waals surface area contributed by atoms with Gasteiger partial charge in [-0.3, -0.25) is 18.9 Å². The summed E-state index contributed by atoms with van der Waals surface area (Å²) in [6.45, 7) is -2.65. The van der Waals surface area contributed by atoms with E-state index in [0.29, 0.717) is 0 Å². The molecule has 172 valence electrons. The van der Waals surface area contributed by atoms with Crippen LogP contribution in [0.25, 0.3) is 0 Å². The first kappa shape index (κ1) is 21.2. The third-order valence-corrected chi connectivity index (χ3v) is 7.38. The molecule has 0 aliphatic carbocycles. The van der Waals surface area contributed by atoms with Gasteiger partial charge in [0.25, 0.3) is 5.56 Å². The van der Waals surface area contributed by atoms with E-state index in [1.54, 1.807) is 0 Å². The number of rotatable bonds is 8. The summed E-state index contributed by atoms with van der Waals surface area (Å²) in [5.74, 6) is 0. The first-order valence-corrected chi connectivity index (χ1v) is 12.2. The Labute approximate surface area is 176 Å². The smallest absolute Gasteiger partial charge is 0.387 e. The van der Waals surface area contributed by atoms with Crippen LogP contribution in [-0.4, -0.2) is 63.7 Å². The number of aromatic nitrogens is 2. The summed E-state index contributed by atoms with van der Waals surface area (Å²) in [5.41, 5.74) is -3.32. The molecule has 0 amide bonds. The fourth-order valence-corrected chi connectivity index (χ4v) is 5.33. The Bertz CT molecular complexity index is 1180. The molecule has 0 aromatic carbocycles. The second-order valence-electron chi connectivity index (χ2n) is 5.82. The highest BCUT2D eigenvalue weighted by molar-refractivity contribution is 7.71.